The van der Waals surface area contributed by atoms with Gasteiger partial charge in [0.2, 0.25) is 0 Å². The zero-order valence-electron chi connectivity index (χ0n) is 7.81. The van der Waals surface area contributed by atoms with Crippen LogP contribution in [0.1, 0.15) is 33.6 Å². The van der Waals surface area contributed by atoms with Crippen molar-refractivity contribution in [1.29, 1.82) is 0 Å². The third kappa shape index (κ3) is 9.52. The summed E-state index contributed by atoms with van der Waals surface area (Å²) < 4.78 is 5.25. The maximum atomic E-state index is 5.25. The van der Waals surface area contributed by atoms with Gasteiger partial charge in [-0.3, -0.25) is 0 Å². The molecule has 0 unspecified atom stereocenters. The van der Waals surface area contributed by atoms with Gasteiger partial charge in [-0.1, -0.05) is 19.8 Å². The Kier molecular flexibility index (Phi) is 7.29. The highest BCUT2D eigenvalue weighted by Crippen LogP contribution is 2.02. The topological polar surface area (TPSA) is 9.23 Å². The average molecular weight is 154 g/mol. The fourth-order valence-electron chi connectivity index (χ4n) is 0.789. The highest BCUT2D eigenvalue weighted by Gasteiger charge is 1.92. The molecule has 0 spiro atoms. The van der Waals surface area contributed by atoms with Gasteiger partial charge in [0, 0.05) is 6.61 Å². The first kappa shape index (κ1) is 10.5. The van der Waals surface area contributed by atoms with Crippen LogP contribution >= 0.6 is 0 Å². The van der Waals surface area contributed by atoms with Crippen LogP contribution in [0.5, 0.6) is 0 Å². The van der Waals surface area contributed by atoms with Crippen molar-refractivity contribution in [2.75, 3.05) is 13.2 Å². The molecule has 0 radical (unpaired) electrons. The van der Waals surface area contributed by atoms with Crippen LogP contribution in [-0.4, -0.2) is 13.2 Å². The number of hydrogen-bond acceptors (Lipinski definition) is 1. The lowest BCUT2D eigenvalue weighted by Crippen LogP contribution is -1.97. The molecule has 0 saturated carbocycles. The third-order valence-corrected chi connectivity index (χ3v) is 1.42. The summed E-state index contributed by atoms with van der Waals surface area (Å²) in [4.78, 5) is 0. The van der Waals surface area contributed by atoms with Crippen molar-refractivity contribution in [3.8, 4) is 11.8 Å². The van der Waals surface area contributed by atoms with E-state index >= 15 is 0 Å². The Hall–Kier alpha value is -0.480. The Labute approximate surface area is 70.1 Å². The van der Waals surface area contributed by atoms with Crippen molar-refractivity contribution in [3.63, 3.8) is 0 Å². The lowest BCUT2D eigenvalue weighted by molar-refractivity contribution is 0.159. The van der Waals surface area contributed by atoms with E-state index in [2.05, 4.69) is 25.7 Å². The molecule has 0 rings (SSSR count). The maximum Gasteiger partial charge on any atom is 0.107 e. The van der Waals surface area contributed by atoms with E-state index in [1.54, 1.807) is 0 Å². The second-order valence-corrected chi connectivity index (χ2v) is 3.02. The molecule has 0 N–H and O–H groups in total. The van der Waals surface area contributed by atoms with E-state index in [1.807, 2.05) is 6.92 Å². The first-order valence-corrected chi connectivity index (χ1v) is 4.24. The second kappa shape index (κ2) is 7.63. The first-order valence-electron chi connectivity index (χ1n) is 4.24. The van der Waals surface area contributed by atoms with E-state index < -0.39 is 0 Å². The highest BCUT2D eigenvalue weighted by molar-refractivity contribution is 4.94. The predicted octanol–water partition coefficient (Wildman–Crippen LogP) is 2.46. The van der Waals surface area contributed by atoms with Crippen molar-refractivity contribution >= 4 is 0 Å². The van der Waals surface area contributed by atoms with Gasteiger partial charge in [0.05, 0.1) is 0 Å². The smallest absolute Gasteiger partial charge is 0.107 e. The fraction of sp³-hybridized carbons (Fsp3) is 0.800. The van der Waals surface area contributed by atoms with Gasteiger partial charge >= 0.3 is 0 Å². The van der Waals surface area contributed by atoms with E-state index in [9.17, 15) is 0 Å². The molecule has 0 atom stereocenters. The van der Waals surface area contributed by atoms with Gasteiger partial charge in [0.25, 0.3) is 0 Å². The lowest BCUT2D eigenvalue weighted by atomic mass is 10.1. The Morgan fingerprint density at radius 3 is 2.64 bits per heavy atom. The zero-order valence-corrected chi connectivity index (χ0v) is 7.81. The minimum atomic E-state index is 0.592. The number of rotatable bonds is 5. The number of hydrogen-bond donors (Lipinski definition) is 0. The molecule has 0 aromatic carbocycles. The van der Waals surface area contributed by atoms with Crippen LogP contribution in [0, 0.1) is 17.8 Å². The van der Waals surface area contributed by atoms with Gasteiger partial charge in [-0.25, -0.2) is 0 Å². The van der Waals surface area contributed by atoms with Crippen LogP contribution in [0.25, 0.3) is 0 Å². The first-order chi connectivity index (χ1) is 5.27. The van der Waals surface area contributed by atoms with Crippen molar-refractivity contribution < 1.29 is 4.74 Å². The van der Waals surface area contributed by atoms with Crippen molar-refractivity contribution in [3.05, 3.63) is 0 Å². The molecule has 1 heteroatoms. The fourth-order valence-corrected chi connectivity index (χ4v) is 0.789. The molecular weight excluding hydrogens is 136 g/mol. The van der Waals surface area contributed by atoms with Gasteiger partial charge < -0.3 is 4.74 Å². The van der Waals surface area contributed by atoms with Gasteiger partial charge in [-0.05, 0) is 25.7 Å². The van der Waals surface area contributed by atoms with Crippen LogP contribution in [0.3, 0.4) is 0 Å². The molecule has 0 aliphatic heterocycles. The molecule has 0 heterocycles. The molecule has 0 aliphatic rings. The normalized spacial score (nSPS) is 9.45. The van der Waals surface area contributed by atoms with E-state index in [0.29, 0.717) is 6.61 Å². The SMILES string of the molecule is CC#CCOCCCC(C)C. The third-order valence-electron chi connectivity index (χ3n) is 1.42. The summed E-state index contributed by atoms with van der Waals surface area (Å²) in [6, 6.07) is 0. The van der Waals surface area contributed by atoms with Crippen LogP contribution in [0.15, 0.2) is 0 Å². The maximum absolute atomic E-state index is 5.25. The summed E-state index contributed by atoms with van der Waals surface area (Å²) in [7, 11) is 0. The van der Waals surface area contributed by atoms with Crippen LogP contribution in [-0.2, 0) is 4.74 Å². The Bertz CT molecular complexity index is 128. The molecule has 0 saturated heterocycles. The van der Waals surface area contributed by atoms with E-state index in [4.69, 9.17) is 4.74 Å². The molecule has 0 bridgehead atoms. The molecule has 0 aromatic rings. The van der Waals surface area contributed by atoms with E-state index in [1.165, 1.54) is 6.42 Å². The van der Waals surface area contributed by atoms with Crippen LogP contribution in [0.2, 0.25) is 0 Å². The Morgan fingerprint density at radius 1 is 1.36 bits per heavy atom. The minimum absolute atomic E-state index is 0.592. The summed E-state index contributed by atoms with van der Waals surface area (Å²) >= 11 is 0. The molecule has 0 amide bonds. The van der Waals surface area contributed by atoms with Gasteiger partial charge in [0.15, 0.2) is 0 Å². The summed E-state index contributed by atoms with van der Waals surface area (Å²) in [5.41, 5.74) is 0. The van der Waals surface area contributed by atoms with Crippen molar-refractivity contribution in [2.45, 2.75) is 33.6 Å². The standard InChI is InChI=1S/C10H18O/c1-4-5-8-11-9-6-7-10(2)3/h10H,6-9H2,1-3H3. The van der Waals surface area contributed by atoms with Crippen molar-refractivity contribution in [2.24, 2.45) is 5.92 Å². The molecule has 0 fully saturated rings. The molecule has 11 heavy (non-hydrogen) atoms. The summed E-state index contributed by atoms with van der Waals surface area (Å²) in [5, 5.41) is 0. The molecule has 0 aliphatic carbocycles. The monoisotopic (exact) mass is 154 g/mol. The van der Waals surface area contributed by atoms with E-state index in [-0.39, 0.29) is 0 Å². The zero-order chi connectivity index (χ0) is 8.53. The van der Waals surface area contributed by atoms with E-state index in [0.717, 1.165) is 18.9 Å². The average Bonchev–Trinajstić information content (AvgIpc) is 1.96. The Morgan fingerprint density at radius 2 is 2.09 bits per heavy atom. The van der Waals surface area contributed by atoms with Crippen LogP contribution in [0.4, 0.5) is 0 Å². The summed E-state index contributed by atoms with van der Waals surface area (Å²) in [6.07, 6.45) is 2.41. The Balaban J connectivity index is 2.95. The summed E-state index contributed by atoms with van der Waals surface area (Å²) in [5.74, 6) is 6.44. The quantitative estimate of drug-likeness (QED) is 0.436. The number of ether oxygens (including phenoxy) is 1. The summed E-state index contributed by atoms with van der Waals surface area (Å²) in [6.45, 7) is 7.73. The lowest BCUT2D eigenvalue weighted by Gasteiger charge is -2.02. The molecule has 0 aromatic heterocycles. The minimum Gasteiger partial charge on any atom is -0.369 e. The molecule has 1 nitrogen and oxygen atoms in total. The van der Waals surface area contributed by atoms with Gasteiger partial charge in [-0.15, -0.1) is 5.92 Å². The van der Waals surface area contributed by atoms with Crippen LogP contribution < -0.4 is 0 Å². The molecular formula is C10H18O. The van der Waals surface area contributed by atoms with Gasteiger partial charge in [0.1, 0.15) is 6.61 Å². The van der Waals surface area contributed by atoms with Crippen molar-refractivity contribution in [1.82, 2.24) is 0 Å². The second-order valence-electron chi connectivity index (χ2n) is 3.02. The predicted molar refractivity (Wildman–Crippen MR) is 48.3 cm³/mol. The van der Waals surface area contributed by atoms with Gasteiger partial charge in [-0.2, -0.15) is 0 Å². The highest BCUT2D eigenvalue weighted by atomic mass is 16.5. The largest absolute Gasteiger partial charge is 0.369 e. The molecule has 64 valence electrons.